The number of hydrogen-bond acceptors (Lipinski definition) is 5. The molecule has 0 spiro atoms. The summed E-state index contributed by atoms with van der Waals surface area (Å²) in [5, 5.41) is 0. The molecule has 30 heavy (non-hydrogen) atoms. The molecule has 1 aliphatic rings. The van der Waals surface area contributed by atoms with Gasteiger partial charge in [0.1, 0.15) is 23.4 Å². The van der Waals surface area contributed by atoms with Gasteiger partial charge in [-0.15, -0.1) is 0 Å². The third kappa shape index (κ3) is 3.22. The van der Waals surface area contributed by atoms with Gasteiger partial charge in [-0.05, 0) is 55.8 Å². The van der Waals surface area contributed by atoms with Gasteiger partial charge in [0.15, 0.2) is 5.65 Å². The summed E-state index contributed by atoms with van der Waals surface area (Å²) in [5.74, 6) is 1.62. The number of likely N-dealkylation sites (tertiary alicyclic amines) is 1. The smallest absolute Gasteiger partial charge is 0.253 e. The summed E-state index contributed by atoms with van der Waals surface area (Å²) < 4.78 is 12.9. The Balaban J connectivity index is 1.43. The van der Waals surface area contributed by atoms with Gasteiger partial charge in [0.2, 0.25) is 0 Å². The maximum Gasteiger partial charge on any atom is 0.253 e. The molecule has 0 bridgehead atoms. The minimum Gasteiger partial charge on any atom is -0.494 e. The molecule has 4 heterocycles. The number of rotatable bonds is 5. The Morgan fingerprint density at radius 1 is 1.23 bits per heavy atom. The fourth-order valence-corrected chi connectivity index (χ4v) is 4.05. The fourth-order valence-electron chi connectivity index (χ4n) is 4.05. The first-order valence-corrected chi connectivity index (χ1v) is 10.1. The molecule has 0 N–H and O–H groups in total. The monoisotopic (exact) mass is 402 g/mol. The molecule has 7 nitrogen and oxygen atoms in total. The Kier molecular flexibility index (Phi) is 4.71. The van der Waals surface area contributed by atoms with E-state index in [0.29, 0.717) is 25.3 Å². The van der Waals surface area contributed by atoms with Crippen molar-refractivity contribution in [2.45, 2.75) is 19.4 Å². The van der Waals surface area contributed by atoms with E-state index in [1.807, 2.05) is 54.3 Å². The number of amides is 1. The van der Waals surface area contributed by atoms with Crippen molar-refractivity contribution < 1.29 is 13.9 Å². The highest BCUT2D eigenvalue weighted by atomic mass is 16.5. The van der Waals surface area contributed by atoms with Gasteiger partial charge in [0, 0.05) is 24.8 Å². The first-order chi connectivity index (χ1) is 14.7. The van der Waals surface area contributed by atoms with Crippen LogP contribution in [0.3, 0.4) is 0 Å². The fraction of sp³-hybridized carbons (Fsp3) is 0.261. The molecule has 0 saturated carbocycles. The number of benzene rings is 1. The zero-order valence-corrected chi connectivity index (χ0v) is 16.7. The van der Waals surface area contributed by atoms with Crippen LogP contribution in [0.1, 0.15) is 29.7 Å². The van der Waals surface area contributed by atoms with Gasteiger partial charge in [-0.2, -0.15) is 0 Å². The molecule has 5 rings (SSSR count). The van der Waals surface area contributed by atoms with E-state index in [1.165, 1.54) is 0 Å². The Morgan fingerprint density at radius 2 is 2.10 bits per heavy atom. The Bertz CT molecular complexity index is 1170. The number of aromatic nitrogens is 3. The van der Waals surface area contributed by atoms with E-state index >= 15 is 0 Å². The number of fused-ring (bicyclic) bond motifs is 1. The van der Waals surface area contributed by atoms with Gasteiger partial charge in [0.05, 0.1) is 24.5 Å². The van der Waals surface area contributed by atoms with E-state index in [1.54, 1.807) is 18.7 Å². The summed E-state index contributed by atoms with van der Waals surface area (Å²) >= 11 is 0. The van der Waals surface area contributed by atoms with Gasteiger partial charge in [-0.25, -0.2) is 9.97 Å². The van der Waals surface area contributed by atoms with Gasteiger partial charge in [0.25, 0.3) is 5.91 Å². The molecule has 0 radical (unpaired) electrons. The highest BCUT2D eigenvalue weighted by Crippen LogP contribution is 2.32. The number of pyridine rings is 1. The van der Waals surface area contributed by atoms with Crippen molar-refractivity contribution in [3.8, 4) is 17.1 Å². The second-order valence-electron chi connectivity index (χ2n) is 7.31. The zero-order chi connectivity index (χ0) is 20.5. The van der Waals surface area contributed by atoms with E-state index in [9.17, 15) is 4.79 Å². The predicted octanol–water partition coefficient (Wildman–Crippen LogP) is 4.18. The van der Waals surface area contributed by atoms with Crippen molar-refractivity contribution in [1.29, 1.82) is 0 Å². The van der Waals surface area contributed by atoms with Crippen LogP contribution in [-0.4, -0.2) is 45.0 Å². The summed E-state index contributed by atoms with van der Waals surface area (Å²) in [7, 11) is 0. The average molecular weight is 402 g/mol. The van der Waals surface area contributed by atoms with E-state index < -0.39 is 0 Å². The molecule has 1 fully saturated rings. The lowest BCUT2D eigenvalue weighted by atomic mass is 10.2. The first kappa shape index (κ1) is 18.4. The van der Waals surface area contributed by atoms with Crippen LogP contribution < -0.4 is 4.74 Å². The molecular formula is C23H22N4O3. The minimum absolute atomic E-state index is 0.0304. The van der Waals surface area contributed by atoms with Crippen LogP contribution >= 0.6 is 0 Å². The molecule has 1 saturated heterocycles. The second kappa shape index (κ2) is 7.67. The largest absolute Gasteiger partial charge is 0.494 e. The first-order valence-electron chi connectivity index (χ1n) is 10.1. The molecule has 1 aliphatic heterocycles. The highest BCUT2D eigenvalue weighted by Gasteiger charge is 2.31. The summed E-state index contributed by atoms with van der Waals surface area (Å²) in [5.41, 5.74) is 3.24. The van der Waals surface area contributed by atoms with Crippen molar-refractivity contribution in [3.05, 3.63) is 66.8 Å². The molecular weight excluding hydrogens is 380 g/mol. The molecule has 7 heteroatoms. The van der Waals surface area contributed by atoms with Crippen molar-refractivity contribution in [1.82, 2.24) is 19.4 Å². The molecule has 0 aliphatic carbocycles. The number of imidazole rings is 1. The van der Waals surface area contributed by atoms with Crippen LogP contribution in [0.5, 0.6) is 5.75 Å². The van der Waals surface area contributed by atoms with E-state index in [0.717, 1.165) is 34.7 Å². The standard InChI is InChI=1S/C23H22N4O3/c1-2-30-19-7-5-16(6-8-19)23(28)26-12-9-18(14-26)27-21(17-10-13-29-15-17)25-20-4-3-11-24-22(20)27/h3-8,10-11,13,15,18H,2,9,12,14H2,1H3/t18-/m1/s1. The normalized spacial score (nSPS) is 16.3. The predicted molar refractivity (Wildman–Crippen MR) is 112 cm³/mol. The number of carbonyl (C=O) groups is 1. The van der Waals surface area contributed by atoms with Crippen LogP contribution in [0.4, 0.5) is 0 Å². The zero-order valence-electron chi connectivity index (χ0n) is 16.7. The number of furan rings is 1. The van der Waals surface area contributed by atoms with Crippen molar-refractivity contribution >= 4 is 17.1 Å². The van der Waals surface area contributed by atoms with Crippen LogP contribution in [-0.2, 0) is 0 Å². The number of ether oxygens (including phenoxy) is 1. The van der Waals surface area contributed by atoms with E-state index in [4.69, 9.17) is 14.1 Å². The molecule has 1 amide bonds. The minimum atomic E-state index is 0.0304. The number of hydrogen-bond donors (Lipinski definition) is 0. The Hall–Kier alpha value is -3.61. The average Bonchev–Trinajstić information content (AvgIpc) is 3.52. The molecule has 1 aromatic carbocycles. The van der Waals surface area contributed by atoms with Gasteiger partial charge in [-0.1, -0.05) is 0 Å². The summed E-state index contributed by atoms with van der Waals surface area (Å²) in [4.78, 5) is 24.3. The van der Waals surface area contributed by atoms with Gasteiger partial charge < -0.3 is 18.6 Å². The molecule has 152 valence electrons. The van der Waals surface area contributed by atoms with Crippen LogP contribution in [0.25, 0.3) is 22.6 Å². The molecule has 4 aromatic rings. The van der Waals surface area contributed by atoms with Crippen molar-refractivity contribution in [2.75, 3.05) is 19.7 Å². The number of nitrogens with zero attached hydrogens (tertiary/aromatic N) is 4. The number of carbonyl (C=O) groups excluding carboxylic acids is 1. The summed E-state index contributed by atoms with van der Waals surface area (Å²) in [6.45, 7) is 3.84. The second-order valence-corrected chi connectivity index (χ2v) is 7.31. The lowest BCUT2D eigenvalue weighted by molar-refractivity contribution is 0.0788. The third-order valence-corrected chi connectivity index (χ3v) is 5.46. The SMILES string of the molecule is CCOc1ccc(C(=O)N2CC[C@@H](n3c(-c4ccoc4)nc4cccnc43)C2)cc1. The maximum absolute atomic E-state index is 13.0. The third-order valence-electron chi connectivity index (χ3n) is 5.46. The van der Waals surface area contributed by atoms with Crippen LogP contribution in [0.15, 0.2) is 65.6 Å². The van der Waals surface area contributed by atoms with Crippen LogP contribution in [0, 0.1) is 0 Å². The maximum atomic E-state index is 13.0. The van der Waals surface area contributed by atoms with Gasteiger partial charge >= 0.3 is 0 Å². The van der Waals surface area contributed by atoms with E-state index in [2.05, 4.69) is 9.55 Å². The molecule has 0 unspecified atom stereocenters. The van der Waals surface area contributed by atoms with Crippen LogP contribution in [0.2, 0.25) is 0 Å². The summed E-state index contributed by atoms with van der Waals surface area (Å²) in [6.07, 6.45) is 5.95. The van der Waals surface area contributed by atoms with E-state index in [-0.39, 0.29) is 11.9 Å². The van der Waals surface area contributed by atoms with Crippen molar-refractivity contribution in [3.63, 3.8) is 0 Å². The Morgan fingerprint density at radius 3 is 2.87 bits per heavy atom. The summed E-state index contributed by atoms with van der Waals surface area (Å²) in [6, 6.07) is 13.2. The lowest BCUT2D eigenvalue weighted by Gasteiger charge is -2.19. The topological polar surface area (TPSA) is 73.4 Å². The Labute approximate surface area is 173 Å². The lowest BCUT2D eigenvalue weighted by Crippen LogP contribution is -2.29. The molecule has 3 aromatic heterocycles. The van der Waals surface area contributed by atoms with Crippen molar-refractivity contribution in [2.24, 2.45) is 0 Å². The highest BCUT2D eigenvalue weighted by molar-refractivity contribution is 5.94. The quantitative estimate of drug-likeness (QED) is 0.501. The van der Waals surface area contributed by atoms with Gasteiger partial charge in [-0.3, -0.25) is 4.79 Å². The molecule has 1 atom stereocenters.